The van der Waals surface area contributed by atoms with E-state index in [0.717, 1.165) is 0 Å². The van der Waals surface area contributed by atoms with E-state index in [1.54, 1.807) is 13.8 Å². The highest BCUT2D eigenvalue weighted by molar-refractivity contribution is 7.59. The van der Waals surface area contributed by atoms with E-state index in [0.29, 0.717) is 0 Å². The molecule has 13 heavy (non-hydrogen) atoms. The quantitative estimate of drug-likeness (QED) is 0.560. The van der Waals surface area contributed by atoms with Gasteiger partial charge in [-0.25, -0.2) is 4.57 Å². The van der Waals surface area contributed by atoms with Crippen molar-refractivity contribution in [3.8, 4) is 11.6 Å². The third-order valence-corrected chi connectivity index (χ3v) is 2.61. The lowest BCUT2D eigenvalue weighted by Crippen LogP contribution is -1.96. The summed E-state index contributed by atoms with van der Waals surface area (Å²) in [6, 6.07) is 0. The molecule has 0 aliphatic carbocycles. The van der Waals surface area contributed by atoms with Crippen LogP contribution in [0.1, 0.15) is 20.8 Å². The first kappa shape index (κ1) is 12.7. The molecule has 0 saturated heterocycles. The van der Waals surface area contributed by atoms with Crippen LogP contribution < -0.4 is 0 Å². The van der Waals surface area contributed by atoms with Crippen LogP contribution in [0.3, 0.4) is 0 Å². The third kappa shape index (κ3) is 5.84. The van der Waals surface area contributed by atoms with E-state index < -0.39 is 13.7 Å². The van der Waals surface area contributed by atoms with Crippen molar-refractivity contribution in [3.63, 3.8) is 0 Å². The first-order chi connectivity index (χ1) is 6.04. The second-order valence-electron chi connectivity index (χ2n) is 2.27. The van der Waals surface area contributed by atoms with Crippen molar-refractivity contribution in [2.45, 2.75) is 26.9 Å². The average molecular weight is 206 g/mol. The summed E-state index contributed by atoms with van der Waals surface area (Å²) in [4.78, 5) is 0. The van der Waals surface area contributed by atoms with Gasteiger partial charge >= 0.3 is 7.60 Å². The van der Waals surface area contributed by atoms with E-state index in [4.69, 9.17) is 14.2 Å². The second-order valence-corrected chi connectivity index (χ2v) is 4.00. The topological polar surface area (TPSA) is 55.8 Å². The molecular formula is C8H15O4P. The molecule has 0 amide bonds. The highest BCUT2D eigenvalue weighted by Gasteiger charge is 2.19. The molecule has 0 aliphatic heterocycles. The molecule has 0 heterocycles. The molecule has 0 saturated carbocycles. The zero-order valence-electron chi connectivity index (χ0n) is 8.11. The summed E-state index contributed by atoms with van der Waals surface area (Å²) in [5.74, 6) is 2.35. The van der Waals surface area contributed by atoms with Gasteiger partial charge in [0.25, 0.3) is 0 Å². The summed E-state index contributed by atoms with van der Waals surface area (Å²) in [6.45, 7) is 5.43. The maximum atomic E-state index is 11.6. The number of hydrogen-bond acceptors (Lipinski definition) is 4. The van der Waals surface area contributed by atoms with Gasteiger partial charge in [0.15, 0.2) is 0 Å². The molecule has 1 N–H and O–H groups in total. The van der Waals surface area contributed by atoms with Crippen LogP contribution in [0.2, 0.25) is 0 Å². The van der Waals surface area contributed by atoms with Gasteiger partial charge in [0.05, 0.1) is 13.2 Å². The van der Waals surface area contributed by atoms with Crippen LogP contribution in [0, 0.1) is 11.6 Å². The molecule has 1 atom stereocenters. The molecule has 0 aromatic rings. The Balaban J connectivity index is 4.43. The Kier molecular flexibility index (Phi) is 6.02. The Hall–Kier alpha value is -0.330. The first-order valence-corrected chi connectivity index (χ1v) is 5.68. The van der Waals surface area contributed by atoms with Gasteiger partial charge < -0.3 is 5.11 Å². The largest absolute Gasteiger partial charge is 0.405 e. The third-order valence-electron chi connectivity index (χ3n) is 1.01. The van der Waals surface area contributed by atoms with Crippen molar-refractivity contribution >= 4 is 7.60 Å². The minimum absolute atomic E-state index is 0.270. The lowest BCUT2D eigenvalue weighted by molar-refractivity contribution is 0.229. The smallest absolute Gasteiger partial charge is 0.381 e. The summed E-state index contributed by atoms with van der Waals surface area (Å²) < 4.78 is 21.3. The van der Waals surface area contributed by atoms with E-state index in [1.807, 2.05) is 0 Å². The fourth-order valence-corrected chi connectivity index (χ4v) is 1.84. The van der Waals surface area contributed by atoms with Crippen LogP contribution in [-0.4, -0.2) is 24.4 Å². The molecule has 0 unspecified atom stereocenters. The molecule has 0 aromatic carbocycles. The average Bonchev–Trinajstić information content (AvgIpc) is 2.02. The molecule has 0 fully saturated rings. The van der Waals surface area contributed by atoms with E-state index in [2.05, 4.69) is 11.6 Å². The monoisotopic (exact) mass is 206 g/mol. The van der Waals surface area contributed by atoms with Gasteiger partial charge in [0.1, 0.15) is 6.10 Å². The highest BCUT2D eigenvalue weighted by Crippen LogP contribution is 2.46. The summed E-state index contributed by atoms with van der Waals surface area (Å²) in [6.07, 6.45) is -0.825. The van der Waals surface area contributed by atoms with Crippen LogP contribution in [0.25, 0.3) is 0 Å². The van der Waals surface area contributed by atoms with Gasteiger partial charge in [0.2, 0.25) is 0 Å². The van der Waals surface area contributed by atoms with Gasteiger partial charge in [-0.05, 0) is 20.8 Å². The lowest BCUT2D eigenvalue weighted by atomic mass is 10.4. The Morgan fingerprint density at radius 2 is 1.85 bits per heavy atom. The molecule has 0 radical (unpaired) electrons. The van der Waals surface area contributed by atoms with E-state index in [-0.39, 0.29) is 13.2 Å². The molecule has 0 spiro atoms. The van der Waals surface area contributed by atoms with Crippen LogP contribution in [0.4, 0.5) is 0 Å². The summed E-state index contributed by atoms with van der Waals surface area (Å²) in [5, 5.41) is 8.85. The maximum Gasteiger partial charge on any atom is 0.405 e. The van der Waals surface area contributed by atoms with E-state index in [9.17, 15) is 4.57 Å². The SMILES string of the molecule is CCOP(=O)(C#C[C@@H](C)O)OCC. The molecule has 0 bridgehead atoms. The second kappa shape index (κ2) is 6.17. The maximum absolute atomic E-state index is 11.6. The molecule has 5 heteroatoms. The molecular weight excluding hydrogens is 191 g/mol. The first-order valence-electron chi connectivity index (χ1n) is 4.14. The van der Waals surface area contributed by atoms with Gasteiger partial charge in [0, 0.05) is 5.66 Å². The fourth-order valence-electron chi connectivity index (χ4n) is 0.614. The fraction of sp³-hybridized carbons (Fsp3) is 0.750. The van der Waals surface area contributed by atoms with Crippen molar-refractivity contribution in [1.82, 2.24) is 0 Å². The summed E-state index contributed by atoms with van der Waals surface area (Å²) in [7, 11) is -3.29. The van der Waals surface area contributed by atoms with Crippen molar-refractivity contribution in [3.05, 3.63) is 0 Å². The van der Waals surface area contributed by atoms with Gasteiger partial charge in [-0.3, -0.25) is 9.05 Å². The van der Waals surface area contributed by atoms with Gasteiger partial charge in [-0.2, -0.15) is 0 Å². The number of aliphatic hydroxyl groups excluding tert-OH is 1. The van der Waals surface area contributed by atoms with Crippen LogP contribution >= 0.6 is 7.60 Å². The lowest BCUT2D eigenvalue weighted by Gasteiger charge is -2.09. The van der Waals surface area contributed by atoms with E-state index >= 15 is 0 Å². The standard InChI is InChI=1S/C8H15O4P/c1-4-11-13(10,12-5-2)7-6-8(3)9/h8-9H,4-5H2,1-3H3/t8-/m1/s1. The Bertz CT molecular complexity index is 228. The van der Waals surface area contributed by atoms with Crippen molar-refractivity contribution in [2.24, 2.45) is 0 Å². The Morgan fingerprint density at radius 3 is 2.15 bits per heavy atom. The summed E-state index contributed by atoms with van der Waals surface area (Å²) in [5.41, 5.74) is 2.31. The zero-order chi connectivity index (χ0) is 10.3. The highest BCUT2D eigenvalue weighted by atomic mass is 31.2. The minimum Gasteiger partial charge on any atom is -0.381 e. The molecule has 76 valence electrons. The van der Waals surface area contributed by atoms with Crippen LogP contribution in [0.15, 0.2) is 0 Å². The molecule has 0 aromatic heterocycles. The van der Waals surface area contributed by atoms with E-state index in [1.165, 1.54) is 6.92 Å². The Morgan fingerprint density at radius 1 is 1.38 bits per heavy atom. The van der Waals surface area contributed by atoms with Gasteiger partial charge in [-0.15, -0.1) is 0 Å². The zero-order valence-corrected chi connectivity index (χ0v) is 9.01. The van der Waals surface area contributed by atoms with Gasteiger partial charge in [-0.1, -0.05) is 5.92 Å². The number of aliphatic hydroxyl groups is 1. The molecule has 0 rings (SSSR count). The van der Waals surface area contributed by atoms with Crippen LogP contribution in [-0.2, 0) is 13.6 Å². The van der Waals surface area contributed by atoms with Crippen molar-refractivity contribution in [2.75, 3.05) is 13.2 Å². The molecule has 0 aliphatic rings. The molecule has 4 nitrogen and oxygen atoms in total. The van der Waals surface area contributed by atoms with Crippen molar-refractivity contribution in [1.29, 1.82) is 0 Å². The Labute approximate surface area is 78.8 Å². The minimum atomic E-state index is -3.29. The number of rotatable bonds is 4. The predicted molar refractivity (Wildman–Crippen MR) is 50.3 cm³/mol. The predicted octanol–water partition coefficient (Wildman–Crippen LogP) is 1.59. The normalized spacial score (nSPS) is 13.2. The summed E-state index contributed by atoms with van der Waals surface area (Å²) >= 11 is 0. The number of hydrogen-bond donors (Lipinski definition) is 1. The van der Waals surface area contributed by atoms with Crippen LogP contribution in [0.5, 0.6) is 0 Å². The van der Waals surface area contributed by atoms with Crippen molar-refractivity contribution < 1.29 is 18.7 Å².